The fourth-order valence-corrected chi connectivity index (χ4v) is 4.14. The van der Waals surface area contributed by atoms with Gasteiger partial charge in [0.15, 0.2) is 11.5 Å². The maximum atomic E-state index is 12.9. The molecule has 26 heavy (non-hydrogen) atoms. The molecule has 0 bridgehead atoms. The van der Waals surface area contributed by atoms with Gasteiger partial charge in [-0.15, -0.1) is 0 Å². The molecule has 0 aromatic heterocycles. The maximum Gasteiger partial charge on any atom is 0.243 e. The van der Waals surface area contributed by atoms with E-state index in [1.165, 1.54) is 17.3 Å². The monoisotopic (exact) mass is 384 g/mol. The molecule has 0 radical (unpaired) electrons. The van der Waals surface area contributed by atoms with Crippen molar-refractivity contribution < 1.29 is 22.7 Å². The summed E-state index contributed by atoms with van der Waals surface area (Å²) in [6.07, 6.45) is 1.67. The highest BCUT2D eigenvalue weighted by atomic mass is 32.2. The van der Waals surface area contributed by atoms with Crippen molar-refractivity contribution in [2.45, 2.75) is 38.5 Å². The Morgan fingerprint density at radius 2 is 1.58 bits per heavy atom. The van der Waals surface area contributed by atoms with Gasteiger partial charge < -0.3 is 14.4 Å². The number of amides is 1. The Morgan fingerprint density at radius 3 is 2.12 bits per heavy atom. The van der Waals surface area contributed by atoms with Crippen molar-refractivity contribution in [3.63, 3.8) is 0 Å². The standard InChI is InChI=1S/C18H28N2O5S/c1-4-12-24-17-7-6-16(14-18(17)25-13-5-2)26(22,23)20-10-8-19(9-11-20)15(3)21/h6-7,14H,4-5,8-13H2,1-3H3. The summed E-state index contributed by atoms with van der Waals surface area (Å²) in [6, 6.07) is 4.74. The van der Waals surface area contributed by atoms with Crippen LogP contribution in [0, 0.1) is 0 Å². The Bertz CT molecular complexity index is 712. The van der Waals surface area contributed by atoms with E-state index in [1.807, 2.05) is 13.8 Å². The second-order valence-electron chi connectivity index (χ2n) is 6.22. The van der Waals surface area contributed by atoms with Gasteiger partial charge in [-0.25, -0.2) is 8.42 Å². The van der Waals surface area contributed by atoms with E-state index in [0.29, 0.717) is 50.9 Å². The van der Waals surface area contributed by atoms with Crippen LogP contribution in [0.1, 0.15) is 33.6 Å². The molecule has 1 saturated heterocycles. The Morgan fingerprint density at radius 1 is 1.00 bits per heavy atom. The van der Waals surface area contributed by atoms with Gasteiger partial charge >= 0.3 is 0 Å². The normalized spacial score (nSPS) is 15.7. The second-order valence-corrected chi connectivity index (χ2v) is 8.15. The van der Waals surface area contributed by atoms with Crippen LogP contribution in [0.5, 0.6) is 11.5 Å². The van der Waals surface area contributed by atoms with Crippen LogP contribution in [0.2, 0.25) is 0 Å². The van der Waals surface area contributed by atoms with Crippen LogP contribution in [0.25, 0.3) is 0 Å². The zero-order chi connectivity index (χ0) is 19.2. The molecule has 1 aliphatic heterocycles. The molecule has 7 nitrogen and oxygen atoms in total. The molecule has 1 aliphatic rings. The predicted molar refractivity (Wildman–Crippen MR) is 99.0 cm³/mol. The average molecular weight is 384 g/mol. The van der Waals surface area contributed by atoms with Gasteiger partial charge in [-0.1, -0.05) is 13.8 Å². The molecular weight excluding hydrogens is 356 g/mol. The molecule has 1 aromatic carbocycles. The van der Waals surface area contributed by atoms with E-state index < -0.39 is 10.0 Å². The van der Waals surface area contributed by atoms with Crippen LogP contribution in [-0.4, -0.2) is 62.9 Å². The third-order valence-corrected chi connectivity index (χ3v) is 6.05. The van der Waals surface area contributed by atoms with Gasteiger partial charge in [0.25, 0.3) is 0 Å². The summed E-state index contributed by atoms with van der Waals surface area (Å²) < 4.78 is 38.7. The molecule has 0 unspecified atom stereocenters. The Balaban J connectivity index is 2.21. The number of rotatable bonds is 8. The van der Waals surface area contributed by atoms with Crippen molar-refractivity contribution in [1.29, 1.82) is 0 Å². The SMILES string of the molecule is CCCOc1ccc(S(=O)(=O)N2CCN(C(C)=O)CC2)cc1OCCC. The summed E-state index contributed by atoms with van der Waals surface area (Å²) in [7, 11) is -3.64. The minimum Gasteiger partial charge on any atom is -0.490 e. The lowest BCUT2D eigenvalue weighted by molar-refractivity contribution is -0.129. The first-order valence-electron chi connectivity index (χ1n) is 9.05. The highest BCUT2D eigenvalue weighted by Gasteiger charge is 2.30. The molecule has 2 rings (SSSR count). The molecule has 1 fully saturated rings. The average Bonchev–Trinajstić information content (AvgIpc) is 2.64. The number of benzene rings is 1. The second kappa shape index (κ2) is 9.23. The van der Waals surface area contributed by atoms with Gasteiger partial charge in [0.1, 0.15) is 0 Å². The highest BCUT2D eigenvalue weighted by molar-refractivity contribution is 7.89. The van der Waals surface area contributed by atoms with Crippen molar-refractivity contribution in [1.82, 2.24) is 9.21 Å². The molecule has 0 saturated carbocycles. The highest BCUT2D eigenvalue weighted by Crippen LogP contribution is 2.32. The first-order valence-corrected chi connectivity index (χ1v) is 10.5. The molecule has 0 aliphatic carbocycles. The van der Waals surface area contributed by atoms with Crippen LogP contribution >= 0.6 is 0 Å². The van der Waals surface area contributed by atoms with Crippen molar-refractivity contribution >= 4 is 15.9 Å². The number of hydrogen-bond acceptors (Lipinski definition) is 5. The van der Waals surface area contributed by atoms with Gasteiger partial charge in [-0.2, -0.15) is 4.31 Å². The fraction of sp³-hybridized carbons (Fsp3) is 0.611. The zero-order valence-electron chi connectivity index (χ0n) is 15.7. The summed E-state index contributed by atoms with van der Waals surface area (Å²) in [4.78, 5) is 13.3. The summed E-state index contributed by atoms with van der Waals surface area (Å²) in [5, 5.41) is 0. The lowest BCUT2D eigenvalue weighted by Crippen LogP contribution is -2.49. The smallest absolute Gasteiger partial charge is 0.243 e. The van der Waals surface area contributed by atoms with E-state index >= 15 is 0 Å². The van der Waals surface area contributed by atoms with E-state index in [0.717, 1.165) is 12.8 Å². The van der Waals surface area contributed by atoms with Crippen LogP contribution in [-0.2, 0) is 14.8 Å². The number of ether oxygens (including phenoxy) is 2. The first-order chi connectivity index (χ1) is 12.4. The van der Waals surface area contributed by atoms with Crippen molar-refractivity contribution in [3.05, 3.63) is 18.2 Å². The third-order valence-electron chi connectivity index (χ3n) is 4.16. The van der Waals surface area contributed by atoms with Crippen LogP contribution in [0.4, 0.5) is 0 Å². The van der Waals surface area contributed by atoms with E-state index in [1.54, 1.807) is 17.0 Å². The molecule has 146 valence electrons. The van der Waals surface area contributed by atoms with Crippen LogP contribution in [0.3, 0.4) is 0 Å². The topological polar surface area (TPSA) is 76.2 Å². The van der Waals surface area contributed by atoms with Gasteiger partial charge in [0.2, 0.25) is 15.9 Å². The maximum absolute atomic E-state index is 12.9. The van der Waals surface area contributed by atoms with Crippen molar-refractivity contribution in [3.8, 4) is 11.5 Å². The number of piperazine rings is 1. The third kappa shape index (κ3) is 4.88. The molecule has 1 heterocycles. The first kappa shape index (κ1) is 20.5. The van der Waals surface area contributed by atoms with E-state index in [4.69, 9.17) is 9.47 Å². The Labute approximate surface area is 155 Å². The fourth-order valence-electron chi connectivity index (χ4n) is 2.70. The molecule has 0 N–H and O–H groups in total. The summed E-state index contributed by atoms with van der Waals surface area (Å²) in [5.74, 6) is 0.971. The Kier molecular flexibility index (Phi) is 7.28. The minimum absolute atomic E-state index is 0.0327. The number of hydrogen-bond donors (Lipinski definition) is 0. The Hall–Kier alpha value is -1.80. The number of sulfonamides is 1. The molecular formula is C18H28N2O5S. The lowest BCUT2D eigenvalue weighted by Gasteiger charge is -2.33. The molecule has 0 spiro atoms. The van der Waals surface area contributed by atoms with Gasteiger partial charge in [0, 0.05) is 39.2 Å². The van der Waals surface area contributed by atoms with E-state index in [2.05, 4.69) is 0 Å². The molecule has 8 heteroatoms. The predicted octanol–water partition coefficient (Wildman–Crippen LogP) is 2.12. The van der Waals surface area contributed by atoms with Crippen molar-refractivity contribution in [2.24, 2.45) is 0 Å². The number of nitrogens with zero attached hydrogens (tertiary/aromatic N) is 2. The van der Waals surface area contributed by atoms with Gasteiger partial charge in [-0.05, 0) is 25.0 Å². The number of carbonyl (C=O) groups excluding carboxylic acids is 1. The largest absolute Gasteiger partial charge is 0.490 e. The molecule has 1 amide bonds. The minimum atomic E-state index is -3.64. The van der Waals surface area contributed by atoms with Crippen LogP contribution in [0.15, 0.2) is 23.1 Å². The summed E-state index contributed by atoms with van der Waals surface area (Å²) in [6.45, 7) is 7.92. The van der Waals surface area contributed by atoms with Gasteiger partial charge in [-0.3, -0.25) is 4.79 Å². The quantitative estimate of drug-likeness (QED) is 0.686. The van der Waals surface area contributed by atoms with Crippen molar-refractivity contribution in [2.75, 3.05) is 39.4 Å². The summed E-state index contributed by atoms with van der Waals surface area (Å²) >= 11 is 0. The summed E-state index contributed by atoms with van der Waals surface area (Å²) in [5.41, 5.74) is 0. The zero-order valence-corrected chi connectivity index (χ0v) is 16.5. The molecule has 0 atom stereocenters. The lowest BCUT2D eigenvalue weighted by atomic mass is 10.3. The molecule has 1 aromatic rings. The number of carbonyl (C=O) groups is 1. The van der Waals surface area contributed by atoms with Gasteiger partial charge in [0.05, 0.1) is 18.1 Å². The van der Waals surface area contributed by atoms with E-state index in [-0.39, 0.29) is 10.8 Å². The van der Waals surface area contributed by atoms with E-state index in [9.17, 15) is 13.2 Å². The van der Waals surface area contributed by atoms with Crippen LogP contribution < -0.4 is 9.47 Å².